The van der Waals surface area contributed by atoms with Gasteiger partial charge >= 0.3 is 0 Å². The highest BCUT2D eigenvalue weighted by atomic mass is 32.2. The molecule has 0 spiro atoms. The Balaban J connectivity index is 1.48. The predicted molar refractivity (Wildman–Crippen MR) is 147 cm³/mol. The molecule has 1 heterocycles. The van der Waals surface area contributed by atoms with E-state index in [2.05, 4.69) is 26.0 Å². The van der Waals surface area contributed by atoms with Crippen molar-refractivity contribution in [2.45, 2.75) is 33.3 Å². The Morgan fingerprint density at radius 1 is 0.946 bits per heavy atom. The van der Waals surface area contributed by atoms with E-state index in [1.165, 1.54) is 4.90 Å². The third-order valence-corrected chi connectivity index (χ3v) is 6.89. The molecule has 1 aliphatic heterocycles. The van der Waals surface area contributed by atoms with E-state index in [0.29, 0.717) is 34.5 Å². The second kappa shape index (κ2) is 12.0. The first-order valence-corrected chi connectivity index (χ1v) is 13.0. The summed E-state index contributed by atoms with van der Waals surface area (Å²) >= 11 is 0.917. The molecule has 192 valence electrons. The summed E-state index contributed by atoms with van der Waals surface area (Å²) in [5.41, 5.74) is 3.87. The molecule has 3 aromatic rings. The molecule has 1 saturated heterocycles. The minimum Gasteiger partial charge on any atom is -0.493 e. The number of benzene rings is 3. The zero-order valence-corrected chi connectivity index (χ0v) is 22.3. The maximum Gasteiger partial charge on any atom is 0.293 e. The molecule has 0 saturated carbocycles. The van der Waals surface area contributed by atoms with Crippen LogP contribution >= 0.6 is 11.8 Å². The van der Waals surface area contributed by atoms with Gasteiger partial charge in [0.1, 0.15) is 19.0 Å². The molecular weight excluding hydrogens is 486 g/mol. The molecule has 0 bridgehead atoms. The van der Waals surface area contributed by atoms with Crippen molar-refractivity contribution in [3.05, 3.63) is 93.9 Å². The van der Waals surface area contributed by atoms with Crippen molar-refractivity contribution in [1.29, 1.82) is 0 Å². The largest absolute Gasteiger partial charge is 0.493 e. The van der Waals surface area contributed by atoms with Crippen LogP contribution in [0.15, 0.2) is 71.6 Å². The fourth-order valence-corrected chi connectivity index (χ4v) is 4.87. The first-order valence-electron chi connectivity index (χ1n) is 12.2. The SMILES string of the molecule is COc1cccc(/C=C2\SC(=O)N(CCOc3cc(C)ccc3C(C)C)C2=O)c1OCc1ccccc1. The van der Waals surface area contributed by atoms with Crippen LogP contribution in [0.4, 0.5) is 4.79 Å². The highest BCUT2D eigenvalue weighted by Crippen LogP contribution is 2.38. The number of imide groups is 1. The molecule has 1 fully saturated rings. The molecule has 0 aromatic heterocycles. The fraction of sp³-hybridized carbons (Fsp3) is 0.267. The van der Waals surface area contributed by atoms with E-state index >= 15 is 0 Å². The number of ether oxygens (including phenoxy) is 3. The van der Waals surface area contributed by atoms with Crippen LogP contribution in [0.1, 0.15) is 42.0 Å². The van der Waals surface area contributed by atoms with Crippen LogP contribution in [0.5, 0.6) is 17.2 Å². The summed E-state index contributed by atoms with van der Waals surface area (Å²) in [5.74, 6) is 1.82. The Morgan fingerprint density at radius 3 is 2.46 bits per heavy atom. The van der Waals surface area contributed by atoms with Crippen LogP contribution in [-0.2, 0) is 11.4 Å². The smallest absolute Gasteiger partial charge is 0.293 e. The average molecular weight is 518 g/mol. The number of carbonyl (C=O) groups is 2. The number of carbonyl (C=O) groups excluding carboxylic acids is 2. The van der Waals surface area contributed by atoms with E-state index in [1.807, 2.05) is 55.5 Å². The van der Waals surface area contributed by atoms with Crippen molar-refractivity contribution >= 4 is 29.0 Å². The van der Waals surface area contributed by atoms with Gasteiger partial charge in [-0.15, -0.1) is 0 Å². The van der Waals surface area contributed by atoms with Gasteiger partial charge in [-0.2, -0.15) is 0 Å². The minimum atomic E-state index is -0.344. The van der Waals surface area contributed by atoms with Crippen molar-refractivity contribution in [2.24, 2.45) is 0 Å². The zero-order valence-electron chi connectivity index (χ0n) is 21.5. The van der Waals surface area contributed by atoms with E-state index < -0.39 is 0 Å². The lowest BCUT2D eigenvalue weighted by atomic mass is 10.0. The number of methoxy groups -OCH3 is 1. The third kappa shape index (κ3) is 6.35. The molecule has 0 atom stereocenters. The maximum atomic E-state index is 13.1. The van der Waals surface area contributed by atoms with E-state index in [-0.39, 0.29) is 24.3 Å². The Hall–Kier alpha value is -3.71. The zero-order chi connectivity index (χ0) is 26.4. The summed E-state index contributed by atoms with van der Waals surface area (Å²) in [6.07, 6.45) is 1.69. The number of thioether (sulfide) groups is 1. The Morgan fingerprint density at radius 2 is 1.73 bits per heavy atom. The number of para-hydroxylation sites is 1. The lowest BCUT2D eigenvalue weighted by Crippen LogP contribution is -2.32. The van der Waals surface area contributed by atoms with Gasteiger partial charge in [-0.25, -0.2) is 0 Å². The molecule has 2 amide bonds. The van der Waals surface area contributed by atoms with Crippen LogP contribution in [0.2, 0.25) is 0 Å². The van der Waals surface area contributed by atoms with Gasteiger partial charge in [0.25, 0.3) is 11.1 Å². The van der Waals surface area contributed by atoms with Crippen LogP contribution in [0, 0.1) is 6.92 Å². The van der Waals surface area contributed by atoms with Gasteiger partial charge in [0.05, 0.1) is 18.6 Å². The molecule has 0 unspecified atom stereocenters. The van der Waals surface area contributed by atoms with Gasteiger partial charge in [-0.1, -0.05) is 68.4 Å². The number of rotatable bonds is 10. The monoisotopic (exact) mass is 517 g/mol. The second-order valence-corrected chi connectivity index (χ2v) is 10.0. The third-order valence-electron chi connectivity index (χ3n) is 5.98. The molecular formula is C30H31NO5S. The summed E-state index contributed by atoms with van der Waals surface area (Å²) in [4.78, 5) is 27.4. The molecule has 7 heteroatoms. The van der Waals surface area contributed by atoms with Crippen molar-refractivity contribution in [1.82, 2.24) is 4.90 Å². The Bertz CT molecular complexity index is 1300. The van der Waals surface area contributed by atoms with E-state index in [9.17, 15) is 9.59 Å². The van der Waals surface area contributed by atoms with E-state index in [0.717, 1.165) is 34.2 Å². The topological polar surface area (TPSA) is 65.1 Å². The normalized spacial score (nSPS) is 14.5. The number of aryl methyl sites for hydroxylation is 1. The van der Waals surface area contributed by atoms with Crippen molar-refractivity contribution in [3.8, 4) is 17.2 Å². The summed E-state index contributed by atoms with van der Waals surface area (Å²) in [7, 11) is 1.57. The van der Waals surface area contributed by atoms with E-state index in [1.54, 1.807) is 19.3 Å². The van der Waals surface area contributed by atoms with Gasteiger partial charge in [0, 0.05) is 5.56 Å². The standard InChI is InChI=1S/C30H31NO5S/c1-20(2)24-14-13-21(3)17-26(24)35-16-15-31-29(32)27(37-30(31)33)18-23-11-8-12-25(34-4)28(23)36-19-22-9-6-5-7-10-22/h5-14,17-18,20H,15-16,19H2,1-4H3/b27-18-. The second-order valence-electron chi connectivity index (χ2n) is 9.03. The highest BCUT2D eigenvalue weighted by molar-refractivity contribution is 8.18. The van der Waals surface area contributed by atoms with Crippen molar-refractivity contribution in [3.63, 3.8) is 0 Å². The van der Waals surface area contributed by atoms with Gasteiger partial charge in [0.15, 0.2) is 11.5 Å². The van der Waals surface area contributed by atoms with E-state index in [4.69, 9.17) is 14.2 Å². The minimum absolute atomic E-state index is 0.170. The molecule has 0 aliphatic carbocycles. The fourth-order valence-electron chi connectivity index (χ4n) is 4.02. The molecule has 6 nitrogen and oxygen atoms in total. The van der Waals surface area contributed by atoms with Gasteiger partial charge in [-0.3, -0.25) is 14.5 Å². The highest BCUT2D eigenvalue weighted by Gasteiger charge is 2.35. The molecule has 1 aliphatic rings. The lowest BCUT2D eigenvalue weighted by molar-refractivity contribution is -0.123. The summed E-state index contributed by atoms with van der Waals surface area (Å²) in [5, 5.41) is -0.317. The van der Waals surface area contributed by atoms with Crippen LogP contribution in [0.25, 0.3) is 6.08 Å². The number of hydrogen-bond donors (Lipinski definition) is 0. The van der Waals surface area contributed by atoms with Gasteiger partial charge in [-0.05, 0) is 59.5 Å². The molecule has 3 aromatic carbocycles. The molecule has 0 N–H and O–H groups in total. The van der Waals surface area contributed by atoms with Gasteiger partial charge in [0.2, 0.25) is 0 Å². The van der Waals surface area contributed by atoms with Crippen LogP contribution in [-0.4, -0.2) is 36.3 Å². The molecule has 4 rings (SSSR count). The number of nitrogens with zero attached hydrogens (tertiary/aromatic N) is 1. The number of hydrogen-bond acceptors (Lipinski definition) is 6. The number of amides is 2. The molecule has 0 radical (unpaired) electrons. The average Bonchev–Trinajstić information content (AvgIpc) is 3.15. The van der Waals surface area contributed by atoms with Gasteiger partial charge < -0.3 is 14.2 Å². The van der Waals surface area contributed by atoms with Crippen molar-refractivity contribution in [2.75, 3.05) is 20.3 Å². The molecule has 37 heavy (non-hydrogen) atoms. The summed E-state index contributed by atoms with van der Waals surface area (Å²) in [6, 6.07) is 21.4. The quantitative estimate of drug-likeness (QED) is 0.275. The van der Waals surface area contributed by atoms with Crippen LogP contribution in [0.3, 0.4) is 0 Å². The first-order chi connectivity index (χ1) is 17.9. The predicted octanol–water partition coefficient (Wildman–Crippen LogP) is 6.82. The van der Waals surface area contributed by atoms with Crippen molar-refractivity contribution < 1.29 is 23.8 Å². The Kier molecular flexibility index (Phi) is 8.56. The Labute approximate surface area is 222 Å². The lowest BCUT2D eigenvalue weighted by Gasteiger charge is -2.17. The van der Waals surface area contributed by atoms with Crippen LogP contribution < -0.4 is 14.2 Å². The first kappa shape index (κ1) is 26.4. The maximum absolute atomic E-state index is 13.1. The summed E-state index contributed by atoms with van der Waals surface area (Å²) < 4.78 is 17.6. The summed E-state index contributed by atoms with van der Waals surface area (Å²) in [6.45, 7) is 6.96.